The van der Waals surface area contributed by atoms with Crippen LogP contribution in [0.2, 0.25) is 0 Å². The van der Waals surface area contributed by atoms with Gasteiger partial charge in [0.25, 0.3) is 0 Å². The fourth-order valence-electron chi connectivity index (χ4n) is 5.24. The summed E-state index contributed by atoms with van der Waals surface area (Å²) in [7, 11) is 0. The van der Waals surface area contributed by atoms with Gasteiger partial charge in [-0.05, 0) is 41.8 Å². The molecule has 164 valence electrons. The Hall–Kier alpha value is -2.89. The molecule has 0 saturated carbocycles. The molecule has 0 radical (unpaired) electrons. The van der Waals surface area contributed by atoms with Crippen molar-refractivity contribution >= 4 is 5.78 Å². The lowest BCUT2D eigenvalue weighted by atomic mass is 9.83. The van der Waals surface area contributed by atoms with Crippen molar-refractivity contribution in [2.24, 2.45) is 0 Å². The van der Waals surface area contributed by atoms with Crippen LogP contribution < -0.4 is 0 Å². The second kappa shape index (κ2) is 8.23. The Labute approximate surface area is 187 Å². The summed E-state index contributed by atoms with van der Waals surface area (Å²) < 4.78 is 28.9. The van der Waals surface area contributed by atoms with Crippen molar-refractivity contribution in [3.05, 3.63) is 106 Å². The summed E-state index contributed by atoms with van der Waals surface area (Å²) in [5, 5.41) is 0. The zero-order valence-electron chi connectivity index (χ0n) is 18.2. The molecule has 0 spiro atoms. The van der Waals surface area contributed by atoms with Crippen molar-refractivity contribution < 1.29 is 13.6 Å². The van der Waals surface area contributed by atoms with E-state index in [0.717, 1.165) is 19.6 Å². The number of benzene rings is 3. The first-order valence-electron chi connectivity index (χ1n) is 11.1. The van der Waals surface area contributed by atoms with Gasteiger partial charge in [-0.1, -0.05) is 48.5 Å². The highest BCUT2D eigenvalue weighted by Gasteiger charge is 2.52. The average molecular weight is 433 g/mol. The molecule has 1 saturated heterocycles. The monoisotopic (exact) mass is 432 g/mol. The van der Waals surface area contributed by atoms with Gasteiger partial charge in [0.1, 0.15) is 17.2 Å². The number of halogens is 2. The van der Waals surface area contributed by atoms with Crippen molar-refractivity contribution in [1.82, 2.24) is 9.80 Å². The van der Waals surface area contributed by atoms with Crippen LogP contribution in [0, 0.1) is 18.6 Å². The van der Waals surface area contributed by atoms with Crippen LogP contribution >= 0.6 is 0 Å². The predicted molar refractivity (Wildman–Crippen MR) is 121 cm³/mol. The number of fused-ring (bicyclic) bond motifs is 1. The maximum Gasteiger partial charge on any atom is 0.188 e. The molecule has 1 heterocycles. The van der Waals surface area contributed by atoms with E-state index < -0.39 is 5.54 Å². The highest BCUT2D eigenvalue weighted by molar-refractivity contribution is 6.08. The van der Waals surface area contributed by atoms with Crippen molar-refractivity contribution in [2.45, 2.75) is 25.4 Å². The molecule has 3 nitrogen and oxygen atoms in total. The summed E-state index contributed by atoms with van der Waals surface area (Å²) in [5.74, 6) is -0.887. The highest BCUT2D eigenvalue weighted by atomic mass is 19.1. The van der Waals surface area contributed by atoms with Gasteiger partial charge in [0.05, 0.1) is 0 Å². The molecule has 1 fully saturated rings. The van der Waals surface area contributed by atoms with Gasteiger partial charge in [0.2, 0.25) is 0 Å². The van der Waals surface area contributed by atoms with Gasteiger partial charge in [0, 0.05) is 50.3 Å². The second-order valence-electron chi connectivity index (χ2n) is 8.83. The zero-order chi connectivity index (χ0) is 22.3. The Balaban J connectivity index is 1.45. The normalized spacial score (nSPS) is 21.7. The molecule has 1 aliphatic carbocycles. The molecular formula is C27H26F2N2O. The van der Waals surface area contributed by atoms with E-state index >= 15 is 0 Å². The lowest BCUT2D eigenvalue weighted by Crippen LogP contribution is -2.58. The highest BCUT2D eigenvalue weighted by Crippen LogP contribution is 2.44. The van der Waals surface area contributed by atoms with Gasteiger partial charge >= 0.3 is 0 Å². The summed E-state index contributed by atoms with van der Waals surface area (Å²) in [6, 6.07) is 19.3. The molecule has 3 aromatic rings. The fourth-order valence-corrected chi connectivity index (χ4v) is 5.24. The van der Waals surface area contributed by atoms with Gasteiger partial charge in [0.15, 0.2) is 5.78 Å². The van der Waals surface area contributed by atoms with Crippen molar-refractivity contribution in [2.75, 3.05) is 26.2 Å². The SMILES string of the molecule is Cc1ccccc1CN1CCN(C2(c3cccc(F)c3)Cc3c(F)cccc3C2=O)CC1. The minimum absolute atomic E-state index is 0.134. The lowest BCUT2D eigenvalue weighted by Gasteiger charge is -2.45. The molecule has 5 heteroatoms. The molecule has 3 aromatic carbocycles. The summed E-state index contributed by atoms with van der Waals surface area (Å²) >= 11 is 0. The third-order valence-electron chi connectivity index (χ3n) is 7.04. The van der Waals surface area contributed by atoms with Gasteiger partial charge in [-0.15, -0.1) is 0 Å². The Kier molecular flexibility index (Phi) is 5.39. The molecule has 2 aliphatic rings. The second-order valence-corrected chi connectivity index (χ2v) is 8.83. The largest absolute Gasteiger partial charge is 0.297 e. The van der Waals surface area contributed by atoms with Crippen LogP contribution in [0.1, 0.15) is 32.6 Å². The first-order chi connectivity index (χ1) is 15.5. The molecule has 0 amide bonds. The molecule has 5 rings (SSSR count). The molecule has 0 bridgehead atoms. The Morgan fingerprint density at radius 2 is 1.66 bits per heavy atom. The zero-order valence-corrected chi connectivity index (χ0v) is 18.2. The van der Waals surface area contributed by atoms with Crippen LogP contribution in [0.3, 0.4) is 0 Å². The standard InChI is InChI=1S/C27H26F2N2O/c1-19-6-2-3-7-20(19)18-30-12-14-31(15-13-30)27(21-8-4-9-22(28)16-21)17-24-23(26(27)32)10-5-11-25(24)29/h2-11,16H,12-15,17-18H2,1H3. The summed E-state index contributed by atoms with van der Waals surface area (Å²) in [6.07, 6.45) is 0.231. The average Bonchev–Trinajstić information content (AvgIpc) is 3.11. The maximum atomic E-state index is 14.7. The molecule has 0 aromatic heterocycles. The van der Waals surface area contributed by atoms with E-state index in [9.17, 15) is 13.6 Å². The minimum atomic E-state index is -1.07. The van der Waals surface area contributed by atoms with Crippen LogP contribution in [0.5, 0.6) is 0 Å². The number of carbonyl (C=O) groups excluding carboxylic acids is 1. The quantitative estimate of drug-likeness (QED) is 0.596. The summed E-state index contributed by atoms with van der Waals surface area (Å²) in [4.78, 5) is 18.3. The predicted octanol–water partition coefficient (Wildman–Crippen LogP) is 4.73. The maximum absolute atomic E-state index is 14.7. The molecule has 1 atom stereocenters. The number of Topliss-reactive ketones (excluding diaryl/α,β-unsaturated/α-hetero) is 1. The number of hydrogen-bond donors (Lipinski definition) is 0. The van der Waals surface area contributed by atoms with Crippen LogP contribution in [-0.2, 0) is 18.5 Å². The lowest BCUT2D eigenvalue weighted by molar-refractivity contribution is 0.0285. The number of piperazine rings is 1. The number of rotatable bonds is 4. The molecule has 1 aliphatic heterocycles. The van der Waals surface area contributed by atoms with Crippen LogP contribution in [0.15, 0.2) is 66.7 Å². The Bertz CT molecular complexity index is 1170. The van der Waals surface area contributed by atoms with Crippen molar-refractivity contribution in [3.63, 3.8) is 0 Å². The smallest absolute Gasteiger partial charge is 0.188 e. The number of carbonyl (C=O) groups is 1. The Morgan fingerprint density at radius 1 is 0.906 bits per heavy atom. The van der Waals surface area contributed by atoms with E-state index in [2.05, 4.69) is 34.9 Å². The minimum Gasteiger partial charge on any atom is -0.297 e. The topological polar surface area (TPSA) is 23.6 Å². The molecular weight excluding hydrogens is 406 g/mol. The molecule has 32 heavy (non-hydrogen) atoms. The van der Waals surface area contributed by atoms with Crippen LogP contribution in [0.25, 0.3) is 0 Å². The van der Waals surface area contributed by atoms with Gasteiger partial charge in [-0.3, -0.25) is 14.6 Å². The number of nitrogens with zero attached hydrogens (tertiary/aromatic N) is 2. The van der Waals surface area contributed by atoms with Crippen molar-refractivity contribution in [3.8, 4) is 0 Å². The Morgan fingerprint density at radius 3 is 2.38 bits per heavy atom. The third kappa shape index (κ3) is 3.46. The number of ketones is 1. The first kappa shape index (κ1) is 21.0. The van der Waals surface area contributed by atoms with E-state index in [1.807, 2.05) is 6.07 Å². The fraction of sp³-hybridized carbons (Fsp3) is 0.296. The number of hydrogen-bond acceptors (Lipinski definition) is 3. The first-order valence-corrected chi connectivity index (χ1v) is 11.1. The molecule has 0 N–H and O–H groups in total. The van der Waals surface area contributed by atoms with E-state index in [0.29, 0.717) is 29.8 Å². The molecule has 1 unspecified atom stereocenters. The number of aryl methyl sites for hydroxylation is 1. The van der Waals surface area contributed by atoms with Gasteiger partial charge in [-0.2, -0.15) is 0 Å². The van der Waals surface area contributed by atoms with Gasteiger partial charge < -0.3 is 0 Å². The van der Waals surface area contributed by atoms with Crippen LogP contribution in [-0.4, -0.2) is 41.8 Å². The van der Waals surface area contributed by atoms with Crippen molar-refractivity contribution in [1.29, 1.82) is 0 Å². The van der Waals surface area contributed by atoms with E-state index in [4.69, 9.17) is 0 Å². The summed E-state index contributed by atoms with van der Waals surface area (Å²) in [5.41, 5.74) is 2.95. The van der Waals surface area contributed by atoms with E-state index in [-0.39, 0.29) is 23.8 Å². The third-order valence-corrected chi connectivity index (χ3v) is 7.04. The van der Waals surface area contributed by atoms with E-state index in [1.165, 1.54) is 29.3 Å². The van der Waals surface area contributed by atoms with Crippen LogP contribution in [0.4, 0.5) is 8.78 Å². The summed E-state index contributed by atoms with van der Waals surface area (Å²) in [6.45, 7) is 5.87. The van der Waals surface area contributed by atoms with E-state index in [1.54, 1.807) is 24.3 Å². The van der Waals surface area contributed by atoms with Gasteiger partial charge in [-0.25, -0.2) is 8.78 Å².